The molecule has 11 heteroatoms. The number of carbonyl (C=O) groups is 1. The van der Waals surface area contributed by atoms with Crippen molar-refractivity contribution in [3.05, 3.63) is 64.6 Å². The summed E-state index contributed by atoms with van der Waals surface area (Å²) < 4.78 is 29.9. The van der Waals surface area contributed by atoms with Crippen molar-refractivity contribution < 1.29 is 13.2 Å². The summed E-state index contributed by atoms with van der Waals surface area (Å²) >= 11 is 3.39. The number of benzene rings is 1. The van der Waals surface area contributed by atoms with Crippen molar-refractivity contribution >= 4 is 43.6 Å². The SMILES string of the molecule is O=C(Nc1ncn(Cc2ccc(Br)cc2)n1)C1=CC=CN2CCS(=O)(=O)N=C12. The number of sulfonamides is 1. The molecular weight excluding hydrogens is 448 g/mol. The molecule has 28 heavy (non-hydrogen) atoms. The van der Waals surface area contributed by atoms with Gasteiger partial charge in [-0.25, -0.2) is 18.1 Å². The second-order valence-corrected chi connectivity index (χ2v) is 8.83. The molecular formula is C17H15BrN6O3S. The summed E-state index contributed by atoms with van der Waals surface area (Å²) in [4.78, 5) is 18.4. The van der Waals surface area contributed by atoms with Gasteiger partial charge in [0.2, 0.25) is 5.95 Å². The number of halogens is 1. The molecule has 2 aromatic rings. The first-order valence-electron chi connectivity index (χ1n) is 8.33. The number of allylic oxidation sites excluding steroid dienone is 2. The number of hydrogen-bond acceptors (Lipinski definition) is 6. The summed E-state index contributed by atoms with van der Waals surface area (Å²) in [7, 11) is -3.57. The van der Waals surface area contributed by atoms with E-state index in [2.05, 4.69) is 35.7 Å². The molecule has 0 fully saturated rings. The van der Waals surface area contributed by atoms with Crippen LogP contribution in [0, 0.1) is 0 Å². The van der Waals surface area contributed by atoms with Crippen LogP contribution < -0.4 is 5.32 Å². The van der Waals surface area contributed by atoms with E-state index in [9.17, 15) is 13.2 Å². The summed E-state index contributed by atoms with van der Waals surface area (Å²) in [6.07, 6.45) is 6.40. The van der Waals surface area contributed by atoms with Gasteiger partial charge in [-0.15, -0.1) is 9.50 Å². The van der Waals surface area contributed by atoms with Gasteiger partial charge < -0.3 is 4.90 Å². The topological polar surface area (TPSA) is 110 Å². The van der Waals surface area contributed by atoms with Crippen molar-refractivity contribution in [2.45, 2.75) is 6.54 Å². The second kappa shape index (κ2) is 7.32. The van der Waals surface area contributed by atoms with Gasteiger partial charge in [0, 0.05) is 17.2 Å². The van der Waals surface area contributed by atoms with Crippen molar-refractivity contribution in [2.24, 2.45) is 4.40 Å². The standard InChI is InChI=1S/C17H15BrN6O3S/c18-13-5-3-12(4-6-13)10-24-11-19-17(21-24)20-16(25)14-2-1-7-23-8-9-28(26,27)22-15(14)23/h1-7,11H,8-10H2,(H,20,21,25). The Morgan fingerprint density at radius 1 is 1.25 bits per heavy atom. The minimum Gasteiger partial charge on any atom is -0.331 e. The molecule has 3 heterocycles. The molecule has 1 aromatic heterocycles. The lowest BCUT2D eigenvalue weighted by atomic mass is 10.1. The summed E-state index contributed by atoms with van der Waals surface area (Å²) in [5, 5.41) is 6.83. The number of nitrogens with zero attached hydrogens (tertiary/aromatic N) is 5. The fraction of sp³-hybridized carbons (Fsp3) is 0.176. The molecule has 1 aromatic carbocycles. The van der Waals surface area contributed by atoms with Crippen molar-refractivity contribution in [3.8, 4) is 0 Å². The van der Waals surface area contributed by atoms with Gasteiger partial charge in [-0.2, -0.15) is 0 Å². The molecule has 0 unspecified atom stereocenters. The van der Waals surface area contributed by atoms with E-state index < -0.39 is 15.9 Å². The maximum atomic E-state index is 12.6. The minimum atomic E-state index is -3.57. The van der Waals surface area contributed by atoms with E-state index in [1.54, 1.807) is 21.9 Å². The van der Waals surface area contributed by atoms with E-state index in [1.165, 1.54) is 12.4 Å². The molecule has 0 atom stereocenters. The van der Waals surface area contributed by atoms with Crippen molar-refractivity contribution in [1.29, 1.82) is 0 Å². The van der Waals surface area contributed by atoms with E-state index in [1.807, 2.05) is 24.3 Å². The number of amidine groups is 1. The minimum absolute atomic E-state index is 0.0856. The zero-order chi connectivity index (χ0) is 19.7. The Kier molecular flexibility index (Phi) is 4.85. The highest BCUT2D eigenvalue weighted by Gasteiger charge is 2.30. The van der Waals surface area contributed by atoms with Gasteiger partial charge in [0.25, 0.3) is 15.9 Å². The summed E-state index contributed by atoms with van der Waals surface area (Å²) in [6, 6.07) is 7.78. The van der Waals surface area contributed by atoms with Crippen molar-refractivity contribution in [2.75, 3.05) is 17.6 Å². The predicted octanol–water partition coefficient (Wildman–Crippen LogP) is 1.52. The second-order valence-electron chi connectivity index (χ2n) is 6.16. The molecule has 2 aliphatic rings. The van der Waals surface area contributed by atoms with Crippen LogP contribution in [0.5, 0.6) is 0 Å². The summed E-state index contributed by atoms with van der Waals surface area (Å²) in [5.41, 5.74) is 1.18. The summed E-state index contributed by atoms with van der Waals surface area (Å²) in [5.74, 6) is -0.367. The molecule has 144 valence electrons. The van der Waals surface area contributed by atoms with E-state index >= 15 is 0 Å². The lowest BCUT2D eigenvalue weighted by molar-refractivity contribution is -0.112. The monoisotopic (exact) mass is 462 g/mol. The fourth-order valence-corrected chi connectivity index (χ4v) is 4.02. The van der Waals surface area contributed by atoms with E-state index in [4.69, 9.17) is 0 Å². The Hall–Kier alpha value is -2.79. The molecule has 0 spiro atoms. The third-order valence-electron chi connectivity index (χ3n) is 4.12. The average Bonchev–Trinajstić information content (AvgIpc) is 3.09. The van der Waals surface area contributed by atoms with Crippen molar-refractivity contribution in [1.82, 2.24) is 19.7 Å². The third-order valence-corrected chi connectivity index (χ3v) is 5.80. The number of hydrogen-bond donors (Lipinski definition) is 1. The number of amides is 1. The molecule has 4 rings (SSSR count). The van der Waals surface area contributed by atoms with E-state index in [-0.39, 0.29) is 29.7 Å². The smallest absolute Gasteiger partial charge is 0.261 e. The maximum Gasteiger partial charge on any atom is 0.261 e. The van der Waals surface area contributed by atoms with Gasteiger partial charge >= 0.3 is 0 Å². The highest BCUT2D eigenvalue weighted by molar-refractivity contribution is 9.10. The molecule has 0 bridgehead atoms. The first-order valence-corrected chi connectivity index (χ1v) is 10.7. The molecule has 0 aliphatic carbocycles. The van der Waals surface area contributed by atoms with E-state index in [0.29, 0.717) is 6.54 Å². The van der Waals surface area contributed by atoms with Crippen LogP contribution in [0.2, 0.25) is 0 Å². The average molecular weight is 463 g/mol. The molecule has 1 N–H and O–H groups in total. The maximum absolute atomic E-state index is 12.6. The fourth-order valence-electron chi connectivity index (χ4n) is 2.77. The Labute approximate surface area is 169 Å². The van der Waals surface area contributed by atoms with Crippen LogP contribution >= 0.6 is 15.9 Å². The van der Waals surface area contributed by atoms with Crippen LogP contribution in [0.1, 0.15) is 5.56 Å². The lowest BCUT2D eigenvalue weighted by Gasteiger charge is -2.28. The Morgan fingerprint density at radius 3 is 2.82 bits per heavy atom. The largest absolute Gasteiger partial charge is 0.331 e. The lowest BCUT2D eigenvalue weighted by Crippen LogP contribution is -2.41. The Balaban J connectivity index is 1.49. The molecule has 0 saturated carbocycles. The molecule has 2 aliphatic heterocycles. The van der Waals surface area contributed by atoms with Crippen LogP contribution in [-0.2, 0) is 21.4 Å². The quantitative estimate of drug-likeness (QED) is 0.737. The van der Waals surface area contributed by atoms with Gasteiger partial charge in [0.1, 0.15) is 6.33 Å². The highest BCUT2D eigenvalue weighted by Crippen LogP contribution is 2.19. The van der Waals surface area contributed by atoms with Crippen LogP contribution in [0.3, 0.4) is 0 Å². The van der Waals surface area contributed by atoms with Crippen molar-refractivity contribution in [3.63, 3.8) is 0 Å². The molecule has 1 amide bonds. The first kappa shape index (κ1) is 18.6. The van der Waals surface area contributed by atoms with Gasteiger partial charge in [0.15, 0.2) is 5.84 Å². The molecule has 0 radical (unpaired) electrons. The summed E-state index contributed by atoms with van der Waals surface area (Å²) in [6.45, 7) is 0.753. The molecule has 9 nitrogen and oxygen atoms in total. The Bertz CT molecular complexity index is 1120. The van der Waals surface area contributed by atoms with Gasteiger partial charge in [0.05, 0.1) is 17.9 Å². The Morgan fingerprint density at radius 2 is 2.04 bits per heavy atom. The van der Waals surface area contributed by atoms with Crippen LogP contribution in [0.25, 0.3) is 0 Å². The highest BCUT2D eigenvalue weighted by atomic mass is 79.9. The van der Waals surface area contributed by atoms with Crippen LogP contribution in [0.15, 0.2) is 63.4 Å². The number of aromatic nitrogens is 3. The third kappa shape index (κ3) is 4.04. The number of carbonyl (C=O) groups excluding carboxylic acids is 1. The van der Waals surface area contributed by atoms with Gasteiger partial charge in [-0.05, 0) is 29.8 Å². The zero-order valence-corrected chi connectivity index (χ0v) is 16.9. The number of rotatable bonds is 4. The van der Waals surface area contributed by atoms with Gasteiger partial charge in [-0.1, -0.05) is 28.1 Å². The predicted molar refractivity (Wildman–Crippen MR) is 107 cm³/mol. The number of nitrogens with one attached hydrogen (secondary N) is 1. The normalized spacial score (nSPS) is 17.5. The van der Waals surface area contributed by atoms with Crippen LogP contribution in [-0.4, -0.2) is 52.1 Å². The van der Waals surface area contributed by atoms with E-state index in [0.717, 1.165) is 10.0 Å². The molecule has 0 saturated heterocycles. The van der Waals surface area contributed by atoms with Crippen LogP contribution in [0.4, 0.5) is 5.95 Å². The number of anilines is 1. The zero-order valence-electron chi connectivity index (χ0n) is 14.5. The van der Waals surface area contributed by atoms with Gasteiger partial charge in [-0.3, -0.25) is 10.1 Å². The first-order chi connectivity index (χ1) is 13.4. The number of fused-ring (bicyclic) bond motifs is 1.